The van der Waals surface area contributed by atoms with E-state index in [1.54, 1.807) is 0 Å². The number of nitrogens with zero attached hydrogens (tertiary/aromatic N) is 1. The number of benzene rings is 1. The van der Waals surface area contributed by atoms with Crippen molar-refractivity contribution in [2.24, 2.45) is 0 Å². The van der Waals surface area contributed by atoms with Gasteiger partial charge in [0.1, 0.15) is 0 Å². The first-order chi connectivity index (χ1) is 8.02. The summed E-state index contributed by atoms with van der Waals surface area (Å²) in [4.78, 5) is 2.20. The van der Waals surface area contributed by atoms with Crippen LogP contribution in [0.5, 0.6) is 0 Å². The molecule has 0 radical (unpaired) electrons. The summed E-state index contributed by atoms with van der Waals surface area (Å²) in [5.41, 5.74) is 1.31. The normalized spacial score (nSPS) is 14.9. The number of halogens is 1. The topological polar surface area (TPSA) is 15.3 Å². The molecule has 0 aromatic heterocycles. The third-order valence-electron chi connectivity index (χ3n) is 2.81. The molecular formula is C14H23ClN2. The first-order valence-electron chi connectivity index (χ1n) is 6.19. The molecule has 96 valence electrons. The molecule has 0 heterocycles. The van der Waals surface area contributed by atoms with Gasteiger partial charge in [0.25, 0.3) is 0 Å². The predicted molar refractivity (Wildman–Crippen MR) is 75.6 cm³/mol. The van der Waals surface area contributed by atoms with Crippen LogP contribution >= 0.6 is 11.6 Å². The van der Waals surface area contributed by atoms with Crippen LogP contribution in [0.25, 0.3) is 0 Å². The van der Waals surface area contributed by atoms with Gasteiger partial charge in [-0.05, 0) is 45.1 Å². The Hall–Kier alpha value is -0.570. The van der Waals surface area contributed by atoms with Gasteiger partial charge in [0.15, 0.2) is 0 Å². The second kappa shape index (κ2) is 7.00. The Morgan fingerprint density at radius 1 is 1.24 bits per heavy atom. The number of nitrogens with one attached hydrogen (secondary N) is 1. The Labute approximate surface area is 110 Å². The van der Waals surface area contributed by atoms with Crippen LogP contribution in [-0.2, 0) is 0 Å². The van der Waals surface area contributed by atoms with Crippen LogP contribution in [0.1, 0.15) is 31.9 Å². The van der Waals surface area contributed by atoms with E-state index < -0.39 is 0 Å². The largest absolute Gasteiger partial charge is 0.308 e. The zero-order valence-electron chi connectivity index (χ0n) is 11.2. The van der Waals surface area contributed by atoms with Crippen molar-refractivity contribution in [2.75, 3.05) is 20.6 Å². The van der Waals surface area contributed by atoms with Crippen LogP contribution in [-0.4, -0.2) is 31.6 Å². The summed E-state index contributed by atoms with van der Waals surface area (Å²) >= 11 is 5.91. The van der Waals surface area contributed by atoms with Gasteiger partial charge >= 0.3 is 0 Å². The molecule has 1 aromatic rings. The summed E-state index contributed by atoms with van der Waals surface area (Å²) in [6.45, 7) is 5.47. The summed E-state index contributed by atoms with van der Waals surface area (Å²) in [7, 11) is 4.20. The van der Waals surface area contributed by atoms with Crippen molar-refractivity contribution in [3.63, 3.8) is 0 Å². The molecule has 0 saturated heterocycles. The van der Waals surface area contributed by atoms with E-state index >= 15 is 0 Å². The molecule has 0 aliphatic heterocycles. The summed E-state index contributed by atoms with van der Waals surface area (Å²) in [6.07, 6.45) is 1.08. The molecule has 0 amide bonds. The maximum atomic E-state index is 5.91. The van der Waals surface area contributed by atoms with Gasteiger partial charge in [-0.25, -0.2) is 0 Å². The zero-order valence-corrected chi connectivity index (χ0v) is 12.0. The fourth-order valence-corrected chi connectivity index (χ4v) is 2.21. The highest BCUT2D eigenvalue weighted by Gasteiger charge is 2.12. The highest BCUT2D eigenvalue weighted by Crippen LogP contribution is 2.19. The average Bonchev–Trinajstić information content (AvgIpc) is 2.26. The maximum absolute atomic E-state index is 5.91. The molecular weight excluding hydrogens is 232 g/mol. The van der Waals surface area contributed by atoms with E-state index in [0.717, 1.165) is 18.0 Å². The summed E-state index contributed by atoms with van der Waals surface area (Å²) in [5, 5.41) is 4.45. The van der Waals surface area contributed by atoms with Gasteiger partial charge in [-0.3, -0.25) is 0 Å². The molecule has 17 heavy (non-hydrogen) atoms. The molecule has 0 aliphatic rings. The standard InChI is InChI=1S/C14H23ClN2/c1-5-14(16-11(2)10-17(3)4)12-6-8-13(15)9-7-12/h6-9,11,14,16H,5,10H2,1-4H3. The minimum atomic E-state index is 0.405. The van der Waals surface area contributed by atoms with Crippen molar-refractivity contribution in [3.8, 4) is 0 Å². The van der Waals surface area contributed by atoms with Crippen molar-refractivity contribution in [3.05, 3.63) is 34.9 Å². The lowest BCUT2D eigenvalue weighted by molar-refractivity contribution is 0.326. The van der Waals surface area contributed by atoms with E-state index in [1.165, 1.54) is 5.56 Å². The van der Waals surface area contributed by atoms with Crippen molar-refractivity contribution >= 4 is 11.6 Å². The Morgan fingerprint density at radius 2 is 1.82 bits per heavy atom. The molecule has 0 fully saturated rings. The minimum absolute atomic E-state index is 0.405. The summed E-state index contributed by atoms with van der Waals surface area (Å²) < 4.78 is 0. The SMILES string of the molecule is CCC(NC(C)CN(C)C)c1ccc(Cl)cc1. The molecule has 0 spiro atoms. The van der Waals surface area contributed by atoms with Crippen LogP contribution < -0.4 is 5.32 Å². The highest BCUT2D eigenvalue weighted by atomic mass is 35.5. The van der Waals surface area contributed by atoms with Gasteiger partial charge in [-0.15, -0.1) is 0 Å². The molecule has 1 rings (SSSR count). The predicted octanol–water partition coefficient (Wildman–Crippen LogP) is 3.33. The Bertz CT molecular complexity index is 321. The fraction of sp³-hybridized carbons (Fsp3) is 0.571. The van der Waals surface area contributed by atoms with Crippen LogP contribution in [0.3, 0.4) is 0 Å². The third-order valence-corrected chi connectivity index (χ3v) is 3.06. The summed E-state index contributed by atoms with van der Waals surface area (Å²) in [5.74, 6) is 0. The number of hydrogen-bond acceptors (Lipinski definition) is 2. The van der Waals surface area contributed by atoms with E-state index in [2.05, 4.69) is 50.3 Å². The minimum Gasteiger partial charge on any atom is -0.308 e. The van der Waals surface area contributed by atoms with Crippen molar-refractivity contribution < 1.29 is 0 Å². The molecule has 0 bridgehead atoms. The van der Waals surface area contributed by atoms with Crippen LogP contribution in [0, 0.1) is 0 Å². The molecule has 2 atom stereocenters. The van der Waals surface area contributed by atoms with E-state index in [4.69, 9.17) is 11.6 Å². The van der Waals surface area contributed by atoms with E-state index in [0.29, 0.717) is 12.1 Å². The lowest BCUT2D eigenvalue weighted by Gasteiger charge is -2.25. The molecule has 0 saturated carbocycles. The first-order valence-corrected chi connectivity index (χ1v) is 6.57. The quantitative estimate of drug-likeness (QED) is 0.838. The van der Waals surface area contributed by atoms with Crippen LogP contribution in [0.15, 0.2) is 24.3 Å². The van der Waals surface area contributed by atoms with E-state index in [1.807, 2.05) is 12.1 Å². The summed E-state index contributed by atoms with van der Waals surface area (Å²) in [6, 6.07) is 9.00. The van der Waals surface area contributed by atoms with Gasteiger partial charge in [0.05, 0.1) is 0 Å². The first kappa shape index (κ1) is 14.5. The van der Waals surface area contributed by atoms with E-state index in [-0.39, 0.29) is 0 Å². The molecule has 3 heteroatoms. The van der Waals surface area contributed by atoms with Crippen molar-refractivity contribution in [1.82, 2.24) is 10.2 Å². The second-order valence-corrected chi connectivity index (χ2v) is 5.28. The average molecular weight is 255 g/mol. The second-order valence-electron chi connectivity index (χ2n) is 4.84. The van der Waals surface area contributed by atoms with Crippen molar-refractivity contribution in [1.29, 1.82) is 0 Å². The van der Waals surface area contributed by atoms with Gasteiger partial charge in [0.2, 0.25) is 0 Å². The number of rotatable bonds is 6. The zero-order chi connectivity index (χ0) is 12.8. The smallest absolute Gasteiger partial charge is 0.0406 e. The van der Waals surface area contributed by atoms with Crippen LogP contribution in [0.2, 0.25) is 5.02 Å². The molecule has 1 aromatic carbocycles. The fourth-order valence-electron chi connectivity index (χ4n) is 2.09. The Balaban J connectivity index is 2.62. The van der Waals surface area contributed by atoms with Gasteiger partial charge in [0, 0.05) is 23.7 Å². The number of likely N-dealkylation sites (N-methyl/N-ethyl adjacent to an activating group) is 1. The van der Waals surface area contributed by atoms with Crippen molar-refractivity contribution in [2.45, 2.75) is 32.4 Å². The van der Waals surface area contributed by atoms with E-state index in [9.17, 15) is 0 Å². The Kier molecular flexibility index (Phi) is 5.96. The maximum Gasteiger partial charge on any atom is 0.0406 e. The molecule has 2 nitrogen and oxygen atoms in total. The lowest BCUT2D eigenvalue weighted by atomic mass is 10.0. The third kappa shape index (κ3) is 5.07. The highest BCUT2D eigenvalue weighted by molar-refractivity contribution is 6.30. The number of hydrogen-bond donors (Lipinski definition) is 1. The van der Waals surface area contributed by atoms with Gasteiger partial charge in [-0.2, -0.15) is 0 Å². The lowest BCUT2D eigenvalue weighted by Crippen LogP contribution is -2.37. The van der Waals surface area contributed by atoms with Gasteiger partial charge in [-0.1, -0.05) is 30.7 Å². The molecule has 0 aliphatic carbocycles. The Morgan fingerprint density at radius 3 is 2.29 bits per heavy atom. The van der Waals surface area contributed by atoms with Crippen LogP contribution in [0.4, 0.5) is 0 Å². The molecule has 1 N–H and O–H groups in total. The monoisotopic (exact) mass is 254 g/mol. The molecule has 2 unspecified atom stereocenters. The van der Waals surface area contributed by atoms with Gasteiger partial charge < -0.3 is 10.2 Å².